The van der Waals surface area contributed by atoms with Gasteiger partial charge in [-0.1, -0.05) is 11.6 Å². The Morgan fingerprint density at radius 1 is 1.29 bits per heavy atom. The average Bonchev–Trinajstić information content (AvgIpc) is 3.18. The normalized spacial score (nSPS) is 40.5. The lowest BCUT2D eigenvalue weighted by Gasteiger charge is -2.33. The van der Waals surface area contributed by atoms with Crippen molar-refractivity contribution in [3.05, 3.63) is 17.8 Å². The van der Waals surface area contributed by atoms with E-state index in [1.54, 1.807) is 6.33 Å². The number of halogens is 1. The molecule has 0 spiro atoms. The molecule has 3 fully saturated rings. The van der Waals surface area contributed by atoms with Gasteiger partial charge in [-0.05, 0) is 30.1 Å². The molecule has 1 saturated heterocycles. The Hall–Kier alpha value is -1.24. The van der Waals surface area contributed by atoms with E-state index in [1.165, 1.54) is 6.33 Å². The van der Waals surface area contributed by atoms with Crippen LogP contribution in [0.2, 0.25) is 5.15 Å². The zero-order valence-electron chi connectivity index (χ0n) is 11.3. The zero-order chi connectivity index (χ0) is 14.1. The SMILES string of the molecule is OCC1C2COC3C2CC1C3n1cnc2c(Cl)ncnc21. The Bertz CT molecular complexity index is 720. The number of nitrogens with zero attached hydrogens (tertiary/aromatic N) is 4. The molecule has 6 unspecified atom stereocenters. The van der Waals surface area contributed by atoms with Gasteiger partial charge in [-0.15, -0.1) is 0 Å². The Morgan fingerprint density at radius 2 is 2.19 bits per heavy atom. The summed E-state index contributed by atoms with van der Waals surface area (Å²) in [6, 6.07) is 0.196. The van der Waals surface area contributed by atoms with Crippen LogP contribution in [0.15, 0.2) is 12.7 Å². The molecule has 110 valence electrons. The number of ether oxygens (including phenoxy) is 1. The second-order valence-electron chi connectivity index (χ2n) is 6.35. The number of hydrogen-bond donors (Lipinski definition) is 1. The minimum Gasteiger partial charge on any atom is -0.396 e. The predicted molar refractivity (Wildman–Crippen MR) is 74.8 cm³/mol. The van der Waals surface area contributed by atoms with Crippen LogP contribution < -0.4 is 0 Å². The van der Waals surface area contributed by atoms with Gasteiger partial charge in [0.05, 0.1) is 25.1 Å². The first-order valence-electron chi connectivity index (χ1n) is 7.35. The number of hydrogen-bond acceptors (Lipinski definition) is 5. The molecule has 6 nitrogen and oxygen atoms in total. The Labute approximate surface area is 126 Å². The van der Waals surface area contributed by atoms with E-state index in [4.69, 9.17) is 16.3 Å². The number of aliphatic hydroxyl groups is 1. The van der Waals surface area contributed by atoms with Gasteiger partial charge in [0, 0.05) is 6.61 Å². The van der Waals surface area contributed by atoms with Crippen LogP contribution >= 0.6 is 11.6 Å². The fraction of sp³-hybridized carbons (Fsp3) is 0.643. The monoisotopic (exact) mass is 306 g/mol. The summed E-state index contributed by atoms with van der Waals surface area (Å²) >= 11 is 6.09. The van der Waals surface area contributed by atoms with E-state index in [0.717, 1.165) is 18.7 Å². The van der Waals surface area contributed by atoms with E-state index >= 15 is 0 Å². The first-order valence-corrected chi connectivity index (χ1v) is 7.73. The molecule has 0 aromatic carbocycles. The van der Waals surface area contributed by atoms with Crippen LogP contribution in [0.3, 0.4) is 0 Å². The van der Waals surface area contributed by atoms with Gasteiger partial charge in [0.2, 0.25) is 0 Å². The number of aliphatic hydroxyl groups excluding tert-OH is 1. The third-order valence-electron chi connectivity index (χ3n) is 5.72. The topological polar surface area (TPSA) is 73.1 Å². The van der Waals surface area contributed by atoms with Crippen molar-refractivity contribution in [1.29, 1.82) is 0 Å². The van der Waals surface area contributed by atoms with Gasteiger partial charge in [0.1, 0.15) is 11.8 Å². The third-order valence-corrected chi connectivity index (χ3v) is 6.00. The summed E-state index contributed by atoms with van der Waals surface area (Å²) in [5.74, 6) is 1.85. The van der Waals surface area contributed by atoms with Gasteiger partial charge in [-0.2, -0.15) is 0 Å². The Morgan fingerprint density at radius 3 is 3.05 bits per heavy atom. The van der Waals surface area contributed by atoms with Crippen LogP contribution in [0, 0.1) is 23.7 Å². The van der Waals surface area contributed by atoms with Crippen molar-refractivity contribution in [3.8, 4) is 0 Å². The quantitative estimate of drug-likeness (QED) is 0.847. The molecule has 0 radical (unpaired) electrons. The van der Waals surface area contributed by atoms with Crippen LogP contribution in [0.25, 0.3) is 11.2 Å². The van der Waals surface area contributed by atoms with Crippen LogP contribution in [-0.2, 0) is 4.74 Å². The minimum absolute atomic E-state index is 0.196. The minimum atomic E-state index is 0.196. The molecule has 6 atom stereocenters. The maximum atomic E-state index is 9.75. The highest BCUT2D eigenvalue weighted by Crippen LogP contribution is 2.61. The second kappa shape index (κ2) is 4.15. The van der Waals surface area contributed by atoms with E-state index in [9.17, 15) is 5.11 Å². The molecule has 2 aromatic rings. The lowest BCUT2D eigenvalue weighted by Crippen LogP contribution is -2.36. The van der Waals surface area contributed by atoms with Gasteiger partial charge >= 0.3 is 0 Å². The van der Waals surface area contributed by atoms with Crippen molar-refractivity contribution in [2.24, 2.45) is 23.7 Å². The Kier molecular flexibility index (Phi) is 2.43. The van der Waals surface area contributed by atoms with Gasteiger partial charge in [-0.3, -0.25) is 0 Å². The summed E-state index contributed by atoms with van der Waals surface area (Å²) in [4.78, 5) is 12.7. The standard InChI is InChI=1S/C14H15ClN4O2/c15-13-10-14(17-4-16-13)19(5-18-10)11-6-1-7-9(8(6)2-20)3-21-12(7)11/h4-9,11-12,20H,1-3H2. The molecule has 5 rings (SSSR count). The molecule has 2 bridgehead atoms. The first kappa shape index (κ1) is 12.3. The molecule has 2 aliphatic carbocycles. The highest BCUT2D eigenvalue weighted by molar-refractivity contribution is 6.33. The molecule has 1 N–H and O–H groups in total. The van der Waals surface area contributed by atoms with Crippen molar-refractivity contribution in [2.45, 2.75) is 18.6 Å². The fourth-order valence-electron chi connectivity index (χ4n) is 4.93. The molecule has 0 amide bonds. The number of imidazole rings is 1. The van der Waals surface area contributed by atoms with E-state index < -0.39 is 0 Å². The fourth-order valence-corrected chi connectivity index (χ4v) is 5.11. The summed E-state index contributed by atoms with van der Waals surface area (Å²) in [5, 5.41) is 10.1. The molecule has 3 aliphatic rings. The van der Waals surface area contributed by atoms with Crippen molar-refractivity contribution in [1.82, 2.24) is 19.5 Å². The highest BCUT2D eigenvalue weighted by atomic mass is 35.5. The van der Waals surface area contributed by atoms with E-state index in [1.807, 2.05) is 0 Å². The number of fused-ring (bicyclic) bond motifs is 2. The summed E-state index contributed by atoms with van der Waals surface area (Å²) in [6.45, 7) is 1.01. The van der Waals surface area contributed by atoms with Crippen molar-refractivity contribution in [2.75, 3.05) is 13.2 Å². The largest absolute Gasteiger partial charge is 0.396 e. The molecule has 2 aromatic heterocycles. The molecule has 21 heavy (non-hydrogen) atoms. The summed E-state index contributed by atoms with van der Waals surface area (Å²) in [6.07, 6.45) is 4.61. The number of rotatable bonds is 2. The molecule has 7 heteroatoms. The van der Waals surface area contributed by atoms with Crippen LogP contribution in [0.4, 0.5) is 0 Å². The maximum Gasteiger partial charge on any atom is 0.165 e. The predicted octanol–water partition coefficient (Wildman–Crippen LogP) is 1.29. The van der Waals surface area contributed by atoms with Crippen LogP contribution in [0.1, 0.15) is 12.5 Å². The lowest BCUT2D eigenvalue weighted by molar-refractivity contribution is 0.0560. The smallest absolute Gasteiger partial charge is 0.165 e. The second-order valence-corrected chi connectivity index (χ2v) is 6.71. The van der Waals surface area contributed by atoms with E-state index in [0.29, 0.717) is 34.3 Å². The van der Waals surface area contributed by atoms with Crippen LogP contribution in [-0.4, -0.2) is 43.9 Å². The lowest BCUT2D eigenvalue weighted by atomic mass is 9.78. The van der Waals surface area contributed by atoms with Gasteiger partial charge in [-0.25, -0.2) is 15.0 Å². The summed E-state index contributed by atoms with van der Waals surface area (Å²) in [7, 11) is 0. The highest BCUT2D eigenvalue weighted by Gasteiger charge is 2.62. The van der Waals surface area contributed by atoms with Gasteiger partial charge in [0.25, 0.3) is 0 Å². The molecular formula is C14H15ClN4O2. The van der Waals surface area contributed by atoms with Gasteiger partial charge < -0.3 is 14.4 Å². The third kappa shape index (κ3) is 1.43. The molecular weight excluding hydrogens is 292 g/mol. The molecule has 2 saturated carbocycles. The van der Waals surface area contributed by atoms with Crippen molar-refractivity contribution < 1.29 is 9.84 Å². The van der Waals surface area contributed by atoms with E-state index in [-0.39, 0.29) is 18.8 Å². The maximum absolute atomic E-state index is 9.75. The van der Waals surface area contributed by atoms with Crippen molar-refractivity contribution >= 4 is 22.8 Å². The first-order chi connectivity index (χ1) is 10.3. The Balaban J connectivity index is 1.65. The number of aromatic nitrogens is 4. The van der Waals surface area contributed by atoms with E-state index in [2.05, 4.69) is 19.5 Å². The van der Waals surface area contributed by atoms with Gasteiger partial charge in [0.15, 0.2) is 10.8 Å². The molecule has 3 heterocycles. The average molecular weight is 307 g/mol. The molecule has 1 aliphatic heterocycles. The van der Waals surface area contributed by atoms with Crippen LogP contribution in [0.5, 0.6) is 0 Å². The van der Waals surface area contributed by atoms with Crippen molar-refractivity contribution in [3.63, 3.8) is 0 Å². The zero-order valence-corrected chi connectivity index (χ0v) is 12.0. The summed E-state index contributed by atoms with van der Waals surface area (Å²) in [5.41, 5.74) is 1.40. The summed E-state index contributed by atoms with van der Waals surface area (Å²) < 4.78 is 8.13.